The molecular weight excluding hydrogens is 306 g/mol. The van der Waals surface area contributed by atoms with Crippen molar-refractivity contribution < 1.29 is 17.9 Å². The number of ether oxygens (including phenoxy) is 1. The number of hydrogen-bond donors (Lipinski definition) is 1. The normalized spacial score (nSPS) is 11.0. The molecule has 0 aliphatic rings. The maximum atomic E-state index is 12.3. The summed E-state index contributed by atoms with van der Waals surface area (Å²) in [5, 5.41) is 0. The van der Waals surface area contributed by atoms with E-state index in [1.54, 1.807) is 26.0 Å². The number of aryl methyl sites for hydroxylation is 2. The van der Waals surface area contributed by atoms with Crippen LogP contribution in [0.1, 0.15) is 22.0 Å². The number of para-hydroxylation sites is 1. The number of carbonyl (C=O) groups excluding carboxylic acids is 1. The molecule has 116 valence electrons. The van der Waals surface area contributed by atoms with Crippen molar-refractivity contribution in [1.29, 1.82) is 0 Å². The fourth-order valence-electron chi connectivity index (χ4n) is 1.89. The summed E-state index contributed by atoms with van der Waals surface area (Å²) in [5.41, 5.74) is 1.15. The minimum atomic E-state index is -4.08. The Kier molecular flexibility index (Phi) is 4.41. The number of benzene rings is 1. The molecule has 1 N–H and O–H groups in total. The third-order valence-corrected chi connectivity index (χ3v) is 4.14. The van der Waals surface area contributed by atoms with Crippen LogP contribution in [0, 0.1) is 13.8 Å². The first-order valence-electron chi connectivity index (χ1n) is 6.36. The first-order chi connectivity index (χ1) is 10.3. The second-order valence-corrected chi connectivity index (χ2v) is 6.21. The number of methoxy groups -OCH3 is 1. The fourth-order valence-corrected chi connectivity index (χ4v) is 3.01. The highest BCUT2D eigenvalue weighted by atomic mass is 32.2. The summed E-state index contributed by atoms with van der Waals surface area (Å²) >= 11 is 0. The van der Waals surface area contributed by atoms with E-state index in [9.17, 15) is 13.2 Å². The van der Waals surface area contributed by atoms with Gasteiger partial charge in [-0.15, -0.1) is 0 Å². The second kappa shape index (κ2) is 6.10. The lowest BCUT2D eigenvalue weighted by Crippen LogP contribution is -2.32. The van der Waals surface area contributed by atoms with Gasteiger partial charge in [-0.25, -0.2) is 23.1 Å². The van der Waals surface area contributed by atoms with Gasteiger partial charge in [-0.05, 0) is 32.0 Å². The predicted octanol–water partition coefficient (Wildman–Crippen LogP) is 1.22. The molecule has 0 aliphatic carbocycles. The molecule has 0 spiro atoms. The zero-order valence-electron chi connectivity index (χ0n) is 12.3. The highest BCUT2D eigenvalue weighted by Gasteiger charge is 2.23. The van der Waals surface area contributed by atoms with Crippen molar-refractivity contribution in [1.82, 2.24) is 14.7 Å². The zero-order chi connectivity index (χ0) is 16.3. The van der Waals surface area contributed by atoms with Gasteiger partial charge in [-0.3, -0.25) is 4.79 Å². The molecule has 1 aromatic carbocycles. The van der Waals surface area contributed by atoms with E-state index >= 15 is 0 Å². The minimum Gasteiger partial charge on any atom is -0.495 e. The van der Waals surface area contributed by atoms with Gasteiger partial charge in [0.25, 0.3) is 10.0 Å². The topological polar surface area (TPSA) is 98.2 Å². The van der Waals surface area contributed by atoms with Gasteiger partial charge in [-0.2, -0.15) is 0 Å². The van der Waals surface area contributed by atoms with Crippen LogP contribution in [0.5, 0.6) is 5.75 Å². The van der Waals surface area contributed by atoms with Crippen molar-refractivity contribution >= 4 is 15.9 Å². The molecule has 0 bridgehead atoms. The summed E-state index contributed by atoms with van der Waals surface area (Å²) in [7, 11) is -2.73. The Morgan fingerprint density at radius 1 is 1.14 bits per heavy atom. The standard InChI is InChI=1S/C14H15N3O4S/c1-9-8-10(2)16-13(15-9)14(18)17-22(19,20)12-7-5-4-6-11(12)21-3/h4-8H,1-3H3,(H,17,18). The number of amides is 1. The highest BCUT2D eigenvalue weighted by Crippen LogP contribution is 2.22. The number of nitrogens with zero attached hydrogens (tertiary/aromatic N) is 2. The van der Waals surface area contributed by atoms with Gasteiger partial charge < -0.3 is 4.74 Å². The summed E-state index contributed by atoms with van der Waals surface area (Å²) in [4.78, 5) is 19.8. The van der Waals surface area contributed by atoms with Gasteiger partial charge in [0.2, 0.25) is 5.82 Å². The Morgan fingerprint density at radius 3 is 2.32 bits per heavy atom. The van der Waals surface area contributed by atoms with Crippen molar-refractivity contribution in [2.45, 2.75) is 18.7 Å². The molecule has 2 rings (SSSR count). The first kappa shape index (κ1) is 15.9. The molecule has 0 radical (unpaired) electrons. The SMILES string of the molecule is COc1ccccc1S(=O)(=O)NC(=O)c1nc(C)cc(C)n1. The summed E-state index contributed by atoms with van der Waals surface area (Å²) in [6, 6.07) is 7.69. The number of nitrogens with one attached hydrogen (secondary N) is 1. The summed E-state index contributed by atoms with van der Waals surface area (Å²) in [5.74, 6) is -0.946. The molecule has 22 heavy (non-hydrogen) atoms. The van der Waals surface area contributed by atoms with Crippen LogP contribution in [0.3, 0.4) is 0 Å². The van der Waals surface area contributed by atoms with Crippen LogP contribution >= 0.6 is 0 Å². The predicted molar refractivity (Wildman–Crippen MR) is 79.2 cm³/mol. The van der Waals surface area contributed by atoms with Crippen LogP contribution in [-0.2, 0) is 10.0 Å². The van der Waals surface area contributed by atoms with Crippen LogP contribution in [0.25, 0.3) is 0 Å². The smallest absolute Gasteiger partial charge is 0.302 e. The van der Waals surface area contributed by atoms with E-state index in [-0.39, 0.29) is 16.5 Å². The van der Waals surface area contributed by atoms with Gasteiger partial charge in [0.05, 0.1) is 7.11 Å². The van der Waals surface area contributed by atoms with Gasteiger partial charge in [0, 0.05) is 11.4 Å². The summed E-state index contributed by atoms with van der Waals surface area (Å²) in [6.45, 7) is 3.39. The Hall–Kier alpha value is -2.48. The van der Waals surface area contributed by atoms with Crippen molar-refractivity contribution in [2.24, 2.45) is 0 Å². The average molecular weight is 321 g/mol. The zero-order valence-corrected chi connectivity index (χ0v) is 13.1. The largest absolute Gasteiger partial charge is 0.495 e. The van der Waals surface area contributed by atoms with E-state index in [4.69, 9.17) is 4.74 Å². The third-order valence-electron chi connectivity index (χ3n) is 2.77. The quantitative estimate of drug-likeness (QED) is 0.909. The third kappa shape index (κ3) is 3.40. The Morgan fingerprint density at radius 2 is 1.73 bits per heavy atom. The summed E-state index contributed by atoms with van der Waals surface area (Å²) < 4.78 is 31.5. The number of carbonyl (C=O) groups is 1. The van der Waals surface area contributed by atoms with Crippen LogP contribution in [-0.4, -0.2) is 31.4 Å². The fraction of sp³-hybridized carbons (Fsp3) is 0.214. The Balaban J connectivity index is 2.34. The molecule has 0 atom stereocenters. The van der Waals surface area contributed by atoms with E-state index in [2.05, 4.69) is 9.97 Å². The molecule has 2 aromatic rings. The molecule has 1 amide bonds. The first-order valence-corrected chi connectivity index (χ1v) is 7.84. The van der Waals surface area contributed by atoms with Crippen molar-refractivity contribution in [3.8, 4) is 5.75 Å². The lowest BCUT2D eigenvalue weighted by molar-refractivity contribution is 0.0970. The lowest BCUT2D eigenvalue weighted by Gasteiger charge is -2.10. The number of aromatic nitrogens is 2. The lowest BCUT2D eigenvalue weighted by atomic mass is 10.3. The Bertz CT molecular complexity index is 798. The average Bonchev–Trinajstić information content (AvgIpc) is 2.45. The van der Waals surface area contributed by atoms with Crippen LogP contribution < -0.4 is 9.46 Å². The van der Waals surface area contributed by atoms with Crippen LogP contribution in [0.15, 0.2) is 35.2 Å². The summed E-state index contributed by atoms with van der Waals surface area (Å²) in [6.07, 6.45) is 0. The maximum absolute atomic E-state index is 12.3. The monoisotopic (exact) mass is 321 g/mol. The molecule has 1 heterocycles. The van der Waals surface area contributed by atoms with E-state index in [1.165, 1.54) is 25.3 Å². The van der Waals surface area contributed by atoms with Gasteiger partial charge in [0.1, 0.15) is 10.6 Å². The number of rotatable bonds is 4. The van der Waals surface area contributed by atoms with Gasteiger partial charge in [0.15, 0.2) is 0 Å². The molecule has 8 heteroatoms. The van der Waals surface area contributed by atoms with Crippen molar-refractivity contribution in [3.05, 3.63) is 47.5 Å². The van der Waals surface area contributed by atoms with Crippen LogP contribution in [0.4, 0.5) is 0 Å². The highest BCUT2D eigenvalue weighted by molar-refractivity contribution is 7.90. The molecule has 0 fully saturated rings. The molecule has 7 nitrogen and oxygen atoms in total. The van der Waals surface area contributed by atoms with Crippen molar-refractivity contribution in [2.75, 3.05) is 7.11 Å². The van der Waals surface area contributed by atoms with Gasteiger partial charge in [-0.1, -0.05) is 12.1 Å². The van der Waals surface area contributed by atoms with Crippen molar-refractivity contribution in [3.63, 3.8) is 0 Å². The molecule has 0 saturated carbocycles. The Labute approximate surface area is 128 Å². The van der Waals surface area contributed by atoms with E-state index in [1.807, 2.05) is 4.72 Å². The van der Waals surface area contributed by atoms with E-state index in [0.29, 0.717) is 11.4 Å². The van der Waals surface area contributed by atoms with E-state index < -0.39 is 15.9 Å². The van der Waals surface area contributed by atoms with Gasteiger partial charge >= 0.3 is 5.91 Å². The number of sulfonamides is 1. The van der Waals surface area contributed by atoms with Crippen LogP contribution in [0.2, 0.25) is 0 Å². The minimum absolute atomic E-state index is 0.129. The molecule has 0 saturated heterocycles. The molecular formula is C14H15N3O4S. The maximum Gasteiger partial charge on any atom is 0.302 e. The number of hydrogen-bond acceptors (Lipinski definition) is 6. The molecule has 0 aliphatic heterocycles. The second-order valence-electron chi connectivity index (χ2n) is 4.56. The molecule has 0 unspecified atom stereocenters. The van der Waals surface area contributed by atoms with E-state index in [0.717, 1.165) is 0 Å². The molecule has 1 aromatic heterocycles.